The van der Waals surface area contributed by atoms with Crippen LogP contribution in [0.5, 0.6) is 11.5 Å². The Morgan fingerprint density at radius 1 is 0.810 bits per heavy atom. The monoisotopic (exact) mass is 567 g/mol. The fourth-order valence-electron chi connectivity index (χ4n) is 4.75. The lowest BCUT2D eigenvalue weighted by molar-refractivity contribution is -0.131. The minimum Gasteiger partial charge on any atom is -0.457 e. The predicted octanol–water partition coefficient (Wildman–Crippen LogP) is 5.95. The van der Waals surface area contributed by atoms with Gasteiger partial charge in [-0.2, -0.15) is 0 Å². The SMILES string of the molecule is O=C(Nc1ccc(F)cc1)C1(C(=O)Nc2ccc(Oc3ccnc(Nc4cccc(N5CCOCC5)c4)c3)cc2)CC1. The van der Waals surface area contributed by atoms with E-state index in [4.69, 9.17) is 9.47 Å². The van der Waals surface area contributed by atoms with Crippen molar-refractivity contribution in [2.24, 2.45) is 5.41 Å². The smallest absolute Gasteiger partial charge is 0.240 e. The number of amides is 2. The number of hydrogen-bond acceptors (Lipinski definition) is 7. The minimum absolute atomic E-state index is 0.377. The highest BCUT2D eigenvalue weighted by molar-refractivity contribution is 6.16. The number of nitrogens with one attached hydrogen (secondary N) is 3. The average Bonchev–Trinajstić information content (AvgIpc) is 3.83. The van der Waals surface area contributed by atoms with E-state index in [1.54, 1.807) is 36.5 Å². The molecule has 6 rings (SSSR count). The van der Waals surface area contributed by atoms with E-state index in [9.17, 15) is 14.0 Å². The van der Waals surface area contributed by atoms with Gasteiger partial charge < -0.3 is 30.3 Å². The van der Waals surface area contributed by atoms with Gasteiger partial charge in [0.25, 0.3) is 0 Å². The van der Waals surface area contributed by atoms with Crippen molar-refractivity contribution in [1.29, 1.82) is 0 Å². The first kappa shape index (κ1) is 27.2. The number of pyridine rings is 1. The van der Waals surface area contributed by atoms with Crippen molar-refractivity contribution >= 4 is 40.4 Å². The molecule has 9 nitrogen and oxygen atoms in total. The molecule has 0 bridgehead atoms. The number of benzene rings is 3. The number of aromatic nitrogens is 1. The lowest BCUT2D eigenvalue weighted by Gasteiger charge is -2.29. The van der Waals surface area contributed by atoms with E-state index in [0.29, 0.717) is 41.5 Å². The van der Waals surface area contributed by atoms with Gasteiger partial charge in [0.15, 0.2) is 0 Å². The molecule has 10 heteroatoms. The summed E-state index contributed by atoms with van der Waals surface area (Å²) in [7, 11) is 0. The zero-order chi connectivity index (χ0) is 28.9. The maximum Gasteiger partial charge on any atom is 0.240 e. The Kier molecular flexibility index (Phi) is 7.70. The standard InChI is InChI=1S/C32H30FN5O4/c33-22-4-6-23(7-5-22)36-30(39)32(13-14-32)31(40)37-24-8-10-27(11-9-24)42-28-12-15-34-29(21-28)35-25-2-1-3-26(20-25)38-16-18-41-19-17-38/h1-12,15,20-21H,13-14,16-19H2,(H,34,35)(H,36,39)(H,37,40). The topological polar surface area (TPSA) is 105 Å². The number of hydrogen-bond donors (Lipinski definition) is 3. The van der Waals surface area contributed by atoms with Crippen LogP contribution in [-0.2, 0) is 14.3 Å². The van der Waals surface area contributed by atoms with E-state index in [1.807, 2.05) is 18.2 Å². The number of nitrogens with zero attached hydrogens (tertiary/aromatic N) is 2. The third-order valence-corrected chi connectivity index (χ3v) is 7.30. The molecule has 0 spiro atoms. The van der Waals surface area contributed by atoms with Gasteiger partial charge in [0, 0.05) is 48.1 Å². The quantitative estimate of drug-likeness (QED) is 0.215. The summed E-state index contributed by atoms with van der Waals surface area (Å²) in [4.78, 5) is 32.5. The molecule has 3 N–H and O–H groups in total. The Morgan fingerprint density at radius 2 is 1.48 bits per heavy atom. The number of halogens is 1. The van der Waals surface area contributed by atoms with Gasteiger partial charge in [-0.05, 0) is 85.6 Å². The maximum atomic E-state index is 13.2. The lowest BCUT2D eigenvalue weighted by atomic mass is 10.0. The van der Waals surface area contributed by atoms with Crippen molar-refractivity contribution in [2.45, 2.75) is 12.8 Å². The molecule has 2 heterocycles. The summed E-state index contributed by atoms with van der Waals surface area (Å²) in [6.07, 6.45) is 2.57. The molecule has 2 fully saturated rings. The minimum atomic E-state index is -1.13. The van der Waals surface area contributed by atoms with Gasteiger partial charge in [-0.1, -0.05) is 6.07 Å². The number of carbonyl (C=O) groups is 2. The fraction of sp³-hybridized carbons (Fsp3) is 0.219. The van der Waals surface area contributed by atoms with E-state index in [-0.39, 0.29) is 5.91 Å². The predicted molar refractivity (Wildman–Crippen MR) is 159 cm³/mol. The van der Waals surface area contributed by atoms with Crippen molar-refractivity contribution in [3.63, 3.8) is 0 Å². The molecule has 0 atom stereocenters. The first-order valence-electron chi connectivity index (χ1n) is 13.8. The van der Waals surface area contributed by atoms with Crippen molar-refractivity contribution in [3.8, 4) is 11.5 Å². The average molecular weight is 568 g/mol. The summed E-state index contributed by atoms with van der Waals surface area (Å²) in [5.41, 5.74) is 1.90. The molecular formula is C32H30FN5O4. The van der Waals surface area contributed by atoms with Crippen LogP contribution in [0.3, 0.4) is 0 Å². The molecule has 1 aliphatic carbocycles. The third-order valence-electron chi connectivity index (χ3n) is 7.30. The summed E-state index contributed by atoms with van der Waals surface area (Å²) < 4.78 is 24.6. The molecule has 1 saturated heterocycles. The summed E-state index contributed by atoms with van der Waals surface area (Å²) in [5, 5.41) is 8.88. The van der Waals surface area contributed by atoms with Crippen LogP contribution < -0.4 is 25.6 Å². The molecule has 0 radical (unpaired) electrons. The second-order valence-electron chi connectivity index (χ2n) is 10.3. The number of morpholine rings is 1. The van der Waals surface area contributed by atoms with Gasteiger partial charge in [0.2, 0.25) is 11.8 Å². The first-order valence-corrected chi connectivity index (χ1v) is 13.8. The molecule has 2 amide bonds. The largest absolute Gasteiger partial charge is 0.457 e. The van der Waals surface area contributed by atoms with Crippen LogP contribution in [-0.4, -0.2) is 43.1 Å². The van der Waals surface area contributed by atoms with E-state index < -0.39 is 17.1 Å². The van der Waals surface area contributed by atoms with Crippen LogP contribution >= 0.6 is 0 Å². The van der Waals surface area contributed by atoms with Crippen LogP contribution in [0.2, 0.25) is 0 Å². The summed E-state index contributed by atoms with van der Waals surface area (Å²) in [6, 6.07) is 24.1. The van der Waals surface area contributed by atoms with Crippen molar-refractivity contribution in [3.05, 3.63) is 96.9 Å². The Bertz CT molecular complexity index is 1570. The summed E-state index contributed by atoms with van der Waals surface area (Å²) >= 11 is 0. The first-order chi connectivity index (χ1) is 20.5. The molecule has 1 aromatic heterocycles. The second kappa shape index (κ2) is 11.9. The summed E-state index contributed by atoms with van der Waals surface area (Å²) in [6.45, 7) is 3.17. The molecule has 214 valence electrons. The maximum absolute atomic E-state index is 13.2. The molecule has 1 aliphatic heterocycles. The third kappa shape index (κ3) is 6.34. The van der Waals surface area contributed by atoms with E-state index in [2.05, 4.69) is 38.0 Å². The zero-order valence-corrected chi connectivity index (χ0v) is 22.8. The molecule has 1 saturated carbocycles. The van der Waals surface area contributed by atoms with Crippen molar-refractivity contribution in [2.75, 3.05) is 47.2 Å². The highest BCUT2D eigenvalue weighted by Gasteiger charge is 2.56. The Labute approximate surface area is 242 Å². The fourth-order valence-corrected chi connectivity index (χ4v) is 4.75. The highest BCUT2D eigenvalue weighted by Crippen LogP contribution is 2.47. The Morgan fingerprint density at radius 3 is 2.14 bits per heavy atom. The van der Waals surface area contributed by atoms with Gasteiger partial charge in [0.1, 0.15) is 28.5 Å². The molecular weight excluding hydrogens is 537 g/mol. The molecule has 42 heavy (non-hydrogen) atoms. The molecule has 2 aliphatic rings. The van der Waals surface area contributed by atoms with Gasteiger partial charge in [-0.3, -0.25) is 9.59 Å². The van der Waals surface area contributed by atoms with E-state index in [0.717, 1.165) is 37.7 Å². The Hall–Kier alpha value is -4.96. The van der Waals surface area contributed by atoms with Gasteiger partial charge in [-0.15, -0.1) is 0 Å². The zero-order valence-electron chi connectivity index (χ0n) is 22.8. The van der Waals surface area contributed by atoms with Gasteiger partial charge in [-0.25, -0.2) is 9.37 Å². The second-order valence-corrected chi connectivity index (χ2v) is 10.3. The normalized spacial score (nSPS) is 15.4. The van der Waals surface area contributed by atoms with Gasteiger partial charge >= 0.3 is 0 Å². The van der Waals surface area contributed by atoms with Crippen LogP contribution in [0, 0.1) is 11.2 Å². The van der Waals surface area contributed by atoms with Crippen LogP contribution in [0.15, 0.2) is 91.1 Å². The van der Waals surface area contributed by atoms with E-state index >= 15 is 0 Å². The summed E-state index contributed by atoms with van der Waals surface area (Å²) in [5.74, 6) is 0.646. The number of rotatable bonds is 9. The molecule has 4 aromatic rings. The lowest BCUT2D eigenvalue weighted by Crippen LogP contribution is -2.36. The van der Waals surface area contributed by atoms with Crippen molar-refractivity contribution < 1.29 is 23.5 Å². The van der Waals surface area contributed by atoms with Crippen LogP contribution in [0.25, 0.3) is 0 Å². The number of ether oxygens (including phenoxy) is 2. The van der Waals surface area contributed by atoms with E-state index in [1.165, 1.54) is 24.3 Å². The number of anilines is 5. The number of carbonyl (C=O) groups excluding carboxylic acids is 2. The van der Waals surface area contributed by atoms with Crippen LogP contribution in [0.1, 0.15) is 12.8 Å². The van der Waals surface area contributed by atoms with Gasteiger partial charge in [0.05, 0.1) is 13.2 Å². The van der Waals surface area contributed by atoms with Crippen LogP contribution in [0.4, 0.5) is 33.0 Å². The molecule has 0 unspecified atom stereocenters. The highest BCUT2D eigenvalue weighted by atomic mass is 19.1. The van der Waals surface area contributed by atoms with Crippen molar-refractivity contribution in [1.82, 2.24) is 4.98 Å². The molecule has 3 aromatic carbocycles. The Balaban J connectivity index is 1.05.